The van der Waals surface area contributed by atoms with Crippen LogP contribution in [0.2, 0.25) is 0 Å². The number of likely N-dealkylation sites (N-methyl/N-ethyl adjacent to an activating group) is 1. The van der Waals surface area contributed by atoms with Crippen LogP contribution in [0.15, 0.2) is 42.2 Å². The summed E-state index contributed by atoms with van der Waals surface area (Å²) in [4.78, 5) is 13.8. The van der Waals surface area contributed by atoms with Crippen LogP contribution in [0.25, 0.3) is 0 Å². The minimum absolute atomic E-state index is 0.0941. The van der Waals surface area contributed by atoms with E-state index in [9.17, 15) is 9.90 Å². The molecule has 7 nitrogen and oxygen atoms in total. The van der Waals surface area contributed by atoms with Crippen molar-refractivity contribution in [1.82, 2.24) is 5.32 Å². The minimum atomic E-state index is -0.279. The molecule has 1 aliphatic heterocycles. The van der Waals surface area contributed by atoms with Crippen molar-refractivity contribution >= 4 is 11.6 Å². The summed E-state index contributed by atoms with van der Waals surface area (Å²) in [5.74, 6) is 0.546. The van der Waals surface area contributed by atoms with E-state index in [4.69, 9.17) is 16.2 Å². The van der Waals surface area contributed by atoms with E-state index < -0.39 is 0 Å². The van der Waals surface area contributed by atoms with Crippen LogP contribution in [0.5, 0.6) is 5.75 Å². The van der Waals surface area contributed by atoms with Crippen LogP contribution in [-0.2, 0) is 11.2 Å². The van der Waals surface area contributed by atoms with E-state index >= 15 is 0 Å². The van der Waals surface area contributed by atoms with Gasteiger partial charge in [0.15, 0.2) is 0 Å². The third kappa shape index (κ3) is 4.66. The normalized spacial score (nSPS) is 18.8. The van der Waals surface area contributed by atoms with Gasteiger partial charge in [0, 0.05) is 24.5 Å². The second-order valence-corrected chi connectivity index (χ2v) is 5.71. The molecule has 0 aromatic heterocycles. The van der Waals surface area contributed by atoms with Crippen LogP contribution in [-0.4, -0.2) is 43.9 Å². The molecule has 1 unspecified atom stereocenters. The maximum absolute atomic E-state index is 11.9. The number of allylic oxidation sites excluding steroid dienone is 2. The molecule has 1 heterocycles. The first-order valence-electron chi connectivity index (χ1n) is 7.73. The highest BCUT2D eigenvalue weighted by Gasteiger charge is 2.21. The van der Waals surface area contributed by atoms with Gasteiger partial charge in [-0.05, 0) is 36.4 Å². The van der Waals surface area contributed by atoms with Crippen molar-refractivity contribution in [2.24, 2.45) is 11.5 Å². The first-order valence-corrected chi connectivity index (χ1v) is 7.73. The molecule has 0 saturated carbocycles. The number of rotatable bonds is 5. The smallest absolute Gasteiger partial charge is 0.239 e. The van der Waals surface area contributed by atoms with Crippen molar-refractivity contribution in [3.8, 4) is 5.75 Å². The lowest BCUT2D eigenvalue weighted by Crippen LogP contribution is -2.46. The molecule has 0 bridgehead atoms. The van der Waals surface area contributed by atoms with Crippen molar-refractivity contribution in [3.05, 3.63) is 47.8 Å². The average Bonchev–Trinajstić information content (AvgIpc) is 2.56. The molecule has 0 saturated heterocycles. The Bertz CT molecular complexity index is 643. The molecule has 7 heteroatoms. The van der Waals surface area contributed by atoms with E-state index in [0.717, 1.165) is 11.3 Å². The molecular formula is C17H24N4O3. The van der Waals surface area contributed by atoms with Crippen LogP contribution >= 0.6 is 0 Å². The summed E-state index contributed by atoms with van der Waals surface area (Å²) in [6.07, 6.45) is 5.28. The van der Waals surface area contributed by atoms with E-state index in [1.807, 2.05) is 30.1 Å². The zero-order chi connectivity index (χ0) is 17.5. The fourth-order valence-electron chi connectivity index (χ4n) is 2.56. The van der Waals surface area contributed by atoms with Crippen LogP contribution in [0.1, 0.15) is 5.56 Å². The number of carbonyl (C=O) groups excluding carboxylic acids is 1. The summed E-state index contributed by atoms with van der Waals surface area (Å²) in [5, 5.41) is 12.2. The van der Waals surface area contributed by atoms with E-state index in [1.54, 1.807) is 12.2 Å². The number of anilines is 1. The number of aliphatic hydroxyl groups is 1. The number of carbonyl (C=O) groups is 1. The van der Waals surface area contributed by atoms with Gasteiger partial charge in [-0.3, -0.25) is 4.79 Å². The zero-order valence-electron chi connectivity index (χ0n) is 13.7. The van der Waals surface area contributed by atoms with E-state index in [1.165, 1.54) is 6.20 Å². The highest BCUT2D eigenvalue weighted by Crippen LogP contribution is 2.27. The molecular weight excluding hydrogens is 308 g/mol. The third-order valence-corrected chi connectivity index (χ3v) is 3.73. The van der Waals surface area contributed by atoms with Crippen LogP contribution in [0.3, 0.4) is 0 Å². The molecule has 1 amide bonds. The highest BCUT2D eigenvalue weighted by molar-refractivity contribution is 5.82. The molecule has 0 radical (unpaired) electrons. The SMILES string of the molecule is CN1CC(=O)NC(CO)Cc2ccc(OC/C(N)=C/C=C\N)cc21. The molecule has 1 atom stereocenters. The van der Waals surface area contributed by atoms with Gasteiger partial charge in [-0.1, -0.05) is 6.07 Å². The second-order valence-electron chi connectivity index (χ2n) is 5.71. The van der Waals surface area contributed by atoms with Gasteiger partial charge >= 0.3 is 0 Å². The number of amides is 1. The molecule has 0 aliphatic carbocycles. The van der Waals surface area contributed by atoms with Gasteiger partial charge in [-0.2, -0.15) is 0 Å². The van der Waals surface area contributed by atoms with Crippen LogP contribution in [0.4, 0.5) is 5.69 Å². The molecule has 0 spiro atoms. The van der Waals surface area contributed by atoms with Crippen molar-refractivity contribution < 1.29 is 14.6 Å². The Labute approximate surface area is 141 Å². The molecule has 1 aliphatic rings. The summed E-state index contributed by atoms with van der Waals surface area (Å²) in [5.41, 5.74) is 13.6. The first-order chi connectivity index (χ1) is 11.5. The number of aliphatic hydroxyl groups excluding tert-OH is 1. The largest absolute Gasteiger partial charge is 0.487 e. The standard InChI is InChI=1S/C17H24N4O3/c1-21-9-17(23)20-14(10-22)7-12-4-5-15(8-16(12)21)24-11-13(19)3-2-6-18/h2-6,8,14,22H,7,9-11,18-19H2,1H3,(H,20,23)/b6-2-,13-3-. The van der Waals surface area contributed by atoms with Gasteiger partial charge in [0.05, 0.1) is 19.2 Å². The number of benzene rings is 1. The van der Waals surface area contributed by atoms with Crippen molar-refractivity contribution in [2.75, 3.05) is 31.7 Å². The lowest BCUT2D eigenvalue weighted by molar-refractivity contribution is -0.120. The molecule has 1 aromatic rings. The second kappa shape index (κ2) is 8.26. The number of nitrogens with zero attached hydrogens (tertiary/aromatic N) is 1. The van der Waals surface area contributed by atoms with Crippen LogP contribution < -0.4 is 26.4 Å². The highest BCUT2D eigenvalue weighted by atomic mass is 16.5. The Morgan fingerprint density at radius 1 is 1.54 bits per heavy atom. The number of nitrogens with one attached hydrogen (secondary N) is 1. The summed E-state index contributed by atoms with van der Waals surface area (Å²) >= 11 is 0. The lowest BCUT2D eigenvalue weighted by Gasteiger charge is -2.28. The van der Waals surface area contributed by atoms with Gasteiger partial charge in [-0.15, -0.1) is 0 Å². The zero-order valence-corrected chi connectivity index (χ0v) is 13.7. The molecule has 0 fully saturated rings. The molecule has 130 valence electrons. The Hall–Kier alpha value is -2.67. The summed E-state index contributed by atoms with van der Waals surface area (Å²) in [6.45, 7) is 0.367. The third-order valence-electron chi connectivity index (χ3n) is 3.73. The molecule has 6 N–H and O–H groups in total. The average molecular weight is 332 g/mol. The van der Waals surface area contributed by atoms with Gasteiger partial charge < -0.3 is 31.5 Å². The van der Waals surface area contributed by atoms with Crippen molar-refractivity contribution in [2.45, 2.75) is 12.5 Å². The molecule has 2 rings (SSSR count). The fraction of sp³-hybridized carbons (Fsp3) is 0.353. The van der Waals surface area contributed by atoms with E-state index in [0.29, 0.717) is 17.9 Å². The monoisotopic (exact) mass is 332 g/mol. The number of hydrogen-bond donors (Lipinski definition) is 4. The van der Waals surface area contributed by atoms with Gasteiger partial charge in [0.25, 0.3) is 0 Å². The fourth-order valence-corrected chi connectivity index (χ4v) is 2.56. The summed E-state index contributed by atoms with van der Waals surface area (Å²) in [6, 6.07) is 5.41. The quantitative estimate of drug-likeness (QED) is 0.558. The Morgan fingerprint density at radius 3 is 3.04 bits per heavy atom. The van der Waals surface area contributed by atoms with Gasteiger partial charge in [0.1, 0.15) is 12.4 Å². The van der Waals surface area contributed by atoms with E-state index in [-0.39, 0.29) is 31.7 Å². The predicted molar refractivity (Wildman–Crippen MR) is 93.5 cm³/mol. The maximum atomic E-state index is 11.9. The number of nitrogens with two attached hydrogens (primary N) is 2. The van der Waals surface area contributed by atoms with Gasteiger partial charge in [0.2, 0.25) is 5.91 Å². The van der Waals surface area contributed by atoms with Crippen LogP contribution in [0, 0.1) is 0 Å². The Balaban J connectivity index is 2.18. The number of ether oxygens (including phenoxy) is 1. The minimum Gasteiger partial charge on any atom is -0.487 e. The summed E-state index contributed by atoms with van der Waals surface area (Å²) < 4.78 is 5.69. The predicted octanol–water partition coefficient (Wildman–Crippen LogP) is -0.150. The number of fused-ring (bicyclic) bond motifs is 1. The molecule has 1 aromatic carbocycles. The Kier molecular flexibility index (Phi) is 6.08. The van der Waals surface area contributed by atoms with E-state index in [2.05, 4.69) is 5.32 Å². The first kappa shape index (κ1) is 17.7. The van der Waals surface area contributed by atoms with Gasteiger partial charge in [-0.25, -0.2) is 0 Å². The number of hydrogen-bond acceptors (Lipinski definition) is 6. The lowest BCUT2D eigenvalue weighted by atomic mass is 10.0. The Morgan fingerprint density at radius 2 is 2.33 bits per heavy atom. The molecule has 24 heavy (non-hydrogen) atoms. The van der Waals surface area contributed by atoms with Crippen molar-refractivity contribution in [1.29, 1.82) is 0 Å². The van der Waals surface area contributed by atoms with Crippen molar-refractivity contribution in [3.63, 3.8) is 0 Å². The summed E-state index contributed by atoms with van der Waals surface area (Å²) in [7, 11) is 1.85. The topological polar surface area (TPSA) is 114 Å². The maximum Gasteiger partial charge on any atom is 0.239 e.